The summed E-state index contributed by atoms with van der Waals surface area (Å²) < 4.78 is 18.4. The number of hydrogen-bond acceptors (Lipinski definition) is 4. The van der Waals surface area contributed by atoms with Gasteiger partial charge in [-0.25, -0.2) is 9.18 Å². The van der Waals surface area contributed by atoms with E-state index < -0.39 is 11.8 Å². The van der Waals surface area contributed by atoms with Crippen molar-refractivity contribution in [1.82, 2.24) is 0 Å². The lowest BCUT2D eigenvalue weighted by Gasteiger charge is -2.14. The molecule has 0 amide bonds. The first-order valence-electron chi connectivity index (χ1n) is 5.72. The molecule has 0 fully saturated rings. The monoisotopic (exact) mass is 294 g/mol. The van der Waals surface area contributed by atoms with Gasteiger partial charge in [0, 0.05) is 0 Å². The number of ether oxygens (including phenoxy) is 1. The molecular weight excluding hydrogens is 283 g/mol. The molecule has 4 nitrogen and oxygen atoms in total. The summed E-state index contributed by atoms with van der Waals surface area (Å²) in [4.78, 5) is 11.7. The van der Waals surface area contributed by atoms with E-state index in [4.69, 9.17) is 17.3 Å². The number of carbonyl (C=O) groups excluding carboxylic acids is 1. The highest BCUT2D eigenvalue weighted by Crippen LogP contribution is 2.33. The minimum absolute atomic E-state index is 0.0530. The molecule has 104 valence electrons. The van der Waals surface area contributed by atoms with E-state index in [-0.39, 0.29) is 27.6 Å². The SMILES string of the molecule is COC(=O)c1cccc(N)c1Nc1c(F)cccc1Cl. The first kappa shape index (κ1) is 14.1. The molecule has 0 heterocycles. The zero-order valence-electron chi connectivity index (χ0n) is 10.6. The summed E-state index contributed by atoms with van der Waals surface area (Å²) in [5.41, 5.74) is 6.62. The molecule has 0 aliphatic carbocycles. The van der Waals surface area contributed by atoms with Crippen LogP contribution in [0.5, 0.6) is 0 Å². The maximum atomic E-state index is 13.8. The third-order valence-electron chi connectivity index (χ3n) is 2.71. The lowest BCUT2D eigenvalue weighted by atomic mass is 10.1. The van der Waals surface area contributed by atoms with Crippen molar-refractivity contribution in [1.29, 1.82) is 0 Å². The molecule has 0 aromatic heterocycles. The van der Waals surface area contributed by atoms with Gasteiger partial charge in [-0.2, -0.15) is 0 Å². The summed E-state index contributed by atoms with van der Waals surface area (Å²) in [6, 6.07) is 8.99. The van der Waals surface area contributed by atoms with E-state index in [1.165, 1.54) is 31.4 Å². The van der Waals surface area contributed by atoms with Crippen LogP contribution in [0.25, 0.3) is 0 Å². The van der Waals surface area contributed by atoms with Crippen LogP contribution < -0.4 is 11.1 Å². The standard InChI is InChI=1S/C14H12ClFN2O2/c1-20-14(19)8-4-2-7-11(17)12(8)18-13-9(15)5-3-6-10(13)16/h2-7,18H,17H2,1H3. The smallest absolute Gasteiger partial charge is 0.340 e. The van der Waals surface area contributed by atoms with Crippen molar-refractivity contribution in [3.63, 3.8) is 0 Å². The average Bonchev–Trinajstić information content (AvgIpc) is 2.43. The van der Waals surface area contributed by atoms with Crippen LogP contribution in [0, 0.1) is 5.82 Å². The zero-order chi connectivity index (χ0) is 14.7. The molecule has 3 N–H and O–H groups in total. The van der Waals surface area contributed by atoms with E-state index in [1.807, 2.05) is 0 Å². The molecule has 0 bridgehead atoms. The Morgan fingerprint density at radius 2 is 1.95 bits per heavy atom. The van der Waals surface area contributed by atoms with Crippen molar-refractivity contribution in [3.8, 4) is 0 Å². The van der Waals surface area contributed by atoms with Gasteiger partial charge in [0.2, 0.25) is 0 Å². The van der Waals surface area contributed by atoms with Crippen LogP contribution in [0.2, 0.25) is 5.02 Å². The van der Waals surface area contributed by atoms with Crippen molar-refractivity contribution >= 4 is 34.6 Å². The predicted molar refractivity (Wildman–Crippen MR) is 76.9 cm³/mol. The molecule has 20 heavy (non-hydrogen) atoms. The van der Waals surface area contributed by atoms with Gasteiger partial charge in [-0.1, -0.05) is 23.7 Å². The molecule has 0 saturated carbocycles. The molecule has 0 aliphatic heterocycles. The average molecular weight is 295 g/mol. The Hall–Kier alpha value is -2.27. The fraction of sp³-hybridized carbons (Fsp3) is 0.0714. The number of rotatable bonds is 3. The minimum Gasteiger partial charge on any atom is -0.465 e. The molecule has 0 aliphatic rings. The molecule has 2 rings (SSSR count). The Morgan fingerprint density at radius 3 is 2.60 bits per heavy atom. The fourth-order valence-corrected chi connectivity index (χ4v) is 1.94. The number of nitrogens with one attached hydrogen (secondary N) is 1. The maximum absolute atomic E-state index is 13.8. The predicted octanol–water partition coefficient (Wildman–Crippen LogP) is 3.59. The summed E-state index contributed by atoms with van der Waals surface area (Å²) in [5, 5.41) is 2.94. The van der Waals surface area contributed by atoms with E-state index in [9.17, 15) is 9.18 Å². The van der Waals surface area contributed by atoms with Crippen LogP contribution in [-0.4, -0.2) is 13.1 Å². The van der Waals surface area contributed by atoms with Gasteiger partial charge in [0.15, 0.2) is 0 Å². The molecule has 0 saturated heterocycles. The molecule has 0 spiro atoms. The summed E-state index contributed by atoms with van der Waals surface area (Å²) in [6.45, 7) is 0. The van der Waals surface area contributed by atoms with E-state index in [1.54, 1.807) is 12.1 Å². The Kier molecular flexibility index (Phi) is 4.10. The van der Waals surface area contributed by atoms with Crippen LogP contribution in [0.3, 0.4) is 0 Å². The van der Waals surface area contributed by atoms with Crippen molar-refractivity contribution < 1.29 is 13.9 Å². The molecular formula is C14H12ClFN2O2. The summed E-state index contributed by atoms with van der Waals surface area (Å²) in [7, 11) is 1.26. The molecule has 0 atom stereocenters. The normalized spacial score (nSPS) is 10.2. The highest BCUT2D eigenvalue weighted by molar-refractivity contribution is 6.33. The number of methoxy groups -OCH3 is 1. The first-order chi connectivity index (χ1) is 9.54. The largest absolute Gasteiger partial charge is 0.465 e. The Labute approximate surface area is 120 Å². The number of hydrogen-bond donors (Lipinski definition) is 2. The van der Waals surface area contributed by atoms with Gasteiger partial charge in [0.1, 0.15) is 5.82 Å². The third-order valence-corrected chi connectivity index (χ3v) is 3.03. The van der Waals surface area contributed by atoms with E-state index in [2.05, 4.69) is 10.1 Å². The molecule has 2 aromatic carbocycles. The number of benzene rings is 2. The van der Waals surface area contributed by atoms with Crippen molar-refractivity contribution in [2.75, 3.05) is 18.2 Å². The number of halogens is 2. The second-order valence-corrected chi connectivity index (χ2v) is 4.39. The van der Waals surface area contributed by atoms with Crippen molar-refractivity contribution in [2.45, 2.75) is 0 Å². The Balaban J connectivity index is 2.51. The van der Waals surface area contributed by atoms with Gasteiger partial charge < -0.3 is 15.8 Å². The number of nitrogens with two attached hydrogens (primary N) is 1. The molecule has 0 unspecified atom stereocenters. The number of anilines is 3. The number of para-hydroxylation sites is 2. The summed E-state index contributed by atoms with van der Waals surface area (Å²) in [6.07, 6.45) is 0. The highest BCUT2D eigenvalue weighted by atomic mass is 35.5. The lowest BCUT2D eigenvalue weighted by Crippen LogP contribution is -2.08. The summed E-state index contributed by atoms with van der Waals surface area (Å²) >= 11 is 5.94. The van der Waals surface area contributed by atoms with Crippen LogP contribution in [0.1, 0.15) is 10.4 Å². The first-order valence-corrected chi connectivity index (χ1v) is 6.10. The zero-order valence-corrected chi connectivity index (χ0v) is 11.4. The summed E-state index contributed by atoms with van der Waals surface area (Å²) in [5.74, 6) is -1.12. The second-order valence-electron chi connectivity index (χ2n) is 3.98. The van der Waals surface area contributed by atoms with Crippen molar-refractivity contribution in [2.24, 2.45) is 0 Å². The van der Waals surface area contributed by atoms with Crippen LogP contribution >= 0.6 is 11.6 Å². The van der Waals surface area contributed by atoms with E-state index in [0.29, 0.717) is 0 Å². The van der Waals surface area contributed by atoms with Gasteiger partial charge in [-0.15, -0.1) is 0 Å². The van der Waals surface area contributed by atoms with Crippen LogP contribution in [0.4, 0.5) is 21.5 Å². The molecule has 0 radical (unpaired) electrons. The Morgan fingerprint density at radius 1 is 1.25 bits per heavy atom. The van der Waals surface area contributed by atoms with E-state index in [0.717, 1.165) is 0 Å². The van der Waals surface area contributed by atoms with Gasteiger partial charge >= 0.3 is 5.97 Å². The second kappa shape index (κ2) is 5.79. The topological polar surface area (TPSA) is 64.3 Å². The van der Waals surface area contributed by atoms with Gasteiger partial charge in [0.05, 0.1) is 34.8 Å². The quantitative estimate of drug-likeness (QED) is 0.671. The third kappa shape index (κ3) is 2.67. The molecule has 6 heteroatoms. The van der Waals surface area contributed by atoms with E-state index >= 15 is 0 Å². The fourth-order valence-electron chi connectivity index (χ4n) is 1.73. The van der Waals surface area contributed by atoms with Gasteiger partial charge in [-0.05, 0) is 24.3 Å². The van der Waals surface area contributed by atoms with Crippen LogP contribution in [0.15, 0.2) is 36.4 Å². The van der Waals surface area contributed by atoms with Crippen molar-refractivity contribution in [3.05, 3.63) is 52.8 Å². The highest BCUT2D eigenvalue weighted by Gasteiger charge is 2.16. The Bertz CT molecular complexity index is 641. The number of esters is 1. The van der Waals surface area contributed by atoms with Crippen LogP contribution in [-0.2, 0) is 4.74 Å². The lowest BCUT2D eigenvalue weighted by molar-refractivity contribution is 0.0602. The maximum Gasteiger partial charge on any atom is 0.340 e. The van der Waals surface area contributed by atoms with Gasteiger partial charge in [-0.3, -0.25) is 0 Å². The molecule has 2 aromatic rings. The minimum atomic E-state index is -0.577. The number of carbonyl (C=O) groups is 1. The number of nitrogen functional groups attached to an aromatic ring is 1. The van der Waals surface area contributed by atoms with Gasteiger partial charge in [0.25, 0.3) is 0 Å².